The van der Waals surface area contributed by atoms with Gasteiger partial charge in [-0.1, -0.05) is 0 Å². The largest absolute Gasteiger partial charge is 0.396 e. The molecule has 0 spiro atoms. The molecule has 1 aliphatic rings. The lowest BCUT2D eigenvalue weighted by atomic mass is 9.89. The maximum absolute atomic E-state index is 11.6. The van der Waals surface area contributed by atoms with Crippen LogP contribution in [0, 0.1) is 5.92 Å². The van der Waals surface area contributed by atoms with Crippen LogP contribution in [0.1, 0.15) is 33.1 Å². The van der Waals surface area contributed by atoms with Crippen LogP contribution in [0.15, 0.2) is 0 Å². The molecule has 3 nitrogen and oxygen atoms in total. The van der Waals surface area contributed by atoms with Crippen molar-refractivity contribution in [3.05, 3.63) is 0 Å². The second-order valence-corrected chi connectivity index (χ2v) is 6.96. The van der Waals surface area contributed by atoms with Gasteiger partial charge in [0.05, 0.1) is 10.5 Å². The molecule has 1 saturated heterocycles. The smallest absolute Gasteiger partial charge is 0.155 e. The lowest BCUT2D eigenvalue weighted by molar-refractivity contribution is 0.262. The SMILES string of the molecule is CC1(C)C(CCCO)CCS1(=O)=O. The maximum Gasteiger partial charge on any atom is 0.155 e. The van der Waals surface area contributed by atoms with Crippen molar-refractivity contribution in [2.45, 2.75) is 37.9 Å². The molecule has 1 rings (SSSR count). The predicted molar refractivity (Wildman–Crippen MR) is 52.3 cm³/mol. The first-order chi connectivity index (χ1) is 5.92. The number of aliphatic hydroxyl groups is 1. The van der Waals surface area contributed by atoms with E-state index in [9.17, 15) is 8.42 Å². The first-order valence-electron chi connectivity index (χ1n) is 4.75. The summed E-state index contributed by atoms with van der Waals surface area (Å²) < 4.78 is 22.6. The van der Waals surface area contributed by atoms with E-state index in [1.165, 1.54) is 0 Å². The second kappa shape index (κ2) is 3.58. The molecule has 0 radical (unpaired) electrons. The van der Waals surface area contributed by atoms with Gasteiger partial charge in [0, 0.05) is 6.61 Å². The first-order valence-corrected chi connectivity index (χ1v) is 6.40. The van der Waals surface area contributed by atoms with E-state index >= 15 is 0 Å². The van der Waals surface area contributed by atoms with Crippen LogP contribution >= 0.6 is 0 Å². The summed E-state index contributed by atoms with van der Waals surface area (Å²) in [6.45, 7) is 3.77. The van der Waals surface area contributed by atoms with E-state index in [2.05, 4.69) is 0 Å². The van der Waals surface area contributed by atoms with Crippen LogP contribution < -0.4 is 0 Å². The van der Waals surface area contributed by atoms with E-state index in [1.807, 2.05) is 0 Å². The standard InChI is InChI=1S/C9H18O3S/c1-9(2)8(4-3-6-10)5-7-13(9,11)12/h8,10H,3-7H2,1-2H3. The molecule has 78 valence electrons. The Morgan fingerprint density at radius 1 is 1.46 bits per heavy atom. The Labute approximate surface area is 80.1 Å². The van der Waals surface area contributed by atoms with Crippen molar-refractivity contribution in [2.24, 2.45) is 5.92 Å². The molecule has 1 heterocycles. The summed E-state index contributed by atoms with van der Waals surface area (Å²) in [4.78, 5) is 0. The minimum absolute atomic E-state index is 0.159. The summed E-state index contributed by atoms with van der Waals surface area (Å²) in [7, 11) is -2.89. The Hall–Kier alpha value is -0.0900. The van der Waals surface area contributed by atoms with Gasteiger partial charge in [-0.25, -0.2) is 8.42 Å². The lowest BCUT2D eigenvalue weighted by Gasteiger charge is -2.25. The third-order valence-corrected chi connectivity index (χ3v) is 5.94. The zero-order valence-electron chi connectivity index (χ0n) is 8.28. The molecule has 4 heteroatoms. The van der Waals surface area contributed by atoms with Crippen molar-refractivity contribution >= 4 is 9.84 Å². The third-order valence-electron chi connectivity index (χ3n) is 3.23. The van der Waals surface area contributed by atoms with Crippen LogP contribution in [-0.4, -0.2) is 30.6 Å². The van der Waals surface area contributed by atoms with Crippen molar-refractivity contribution in [3.8, 4) is 0 Å². The van der Waals surface area contributed by atoms with Crippen LogP contribution in [0.25, 0.3) is 0 Å². The highest BCUT2D eigenvalue weighted by Crippen LogP contribution is 2.39. The average molecular weight is 206 g/mol. The normalized spacial score (nSPS) is 30.5. The molecule has 1 N–H and O–H groups in total. The number of hydrogen-bond donors (Lipinski definition) is 1. The highest BCUT2D eigenvalue weighted by atomic mass is 32.2. The first kappa shape index (κ1) is 11.0. The molecule has 1 aliphatic heterocycles. The molecule has 0 aliphatic carbocycles. The van der Waals surface area contributed by atoms with Gasteiger partial charge in [0.2, 0.25) is 0 Å². The van der Waals surface area contributed by atoms with Crippen LogP contribution in [0.5, 0.6) is 0 Å². The minimum Gasteiger partial charge on any atom is -0.396 e. The molecular formula is C9H18O3S. The van der Waals surface area contributed by atoms with Crippen LogP contribution in [-0.2, 0) is 9.84 Å². The van der Waals surface area contributed by atoms with E-state index in [4.69, 9.17) is 5.11 Å². The molecule has 13 heavy (non-hydrogen) atoms. The Morgan fingerprint density at radius 2 is 2.08 bits per heavy atom. The molecule has 0 aromatic heterocycles. The third kappa shape index (κ3) is 1.89. The highest BCUT2D eigenvalue weighted by molar-refractivity contribution is 7.93. The predicted octanol–water partition coefficient (Wildman–Crippen LogP) is 0.972. The van der Waals surface area contributed by atoms with Gasteiger partial charge in [0.25, 0.3) is 0 Å². The molecule has 0 aromatic carbocycles. The Balaban J connectivity index is 2.71. The molecule has 1 fully saturated rings. The van der Waals surface area contributed by atoms with E-state index in [0.29, 0.717) is 12.2 Å². The highest BCUT2D eigenvalue weighted by Gasteiger charge is 2.46. The van der Waals surface area contributed by atoms with E-state index in [0.717, 1.165) is 12.8 Å². The van der Waals surface area contributed by atoms with Crippen molar-refractivity contribution < 1.29 is 13.5 Å². The van der Waals surface area contributed by atoms with Crippen molar-refractivity contribution in [1.82, 2.24) is 0 Å². The zero-order chi connectivity index (χ0) is 10.1. The Bertz CT molecular complexity index is 267. The number of hydrogen-bond acceptors (Lipinski definition) is 3. The number of sulfone groups is 1. The molecule has 0 saturated carbocycles. The van der Waals surface area contributed by atoms with Crippen LogP contribution in [0.2, 0.25) is 0 Å². The van der Waals surface area contributed by atoms with Crippen molar-refractivity contribution in [3.63, 3.8) is 0 Å². The summed E-state index contributed by atoms with van der Waals surface area (Å²) in [5.74, 6) is 0.542. The van der Waals surface area contributed by atoms with Gasteiger partial charge in [-0.15, -0.1) is 0 Å². The quantitative estimate of drug-likeness (QED) is 0.748. The van der Waals surface area contributed by atoms with Gasteiger partial charge in [-0.2, -0.15) is 0 Å². The van der Waals surface area contributed by atoms with E-state index < -0.39 is 14.6 Å². The zero-order valence-corrected chi connectivity index (χ0v) is 9.10. The minimum atomic E-state index is -2.89. The monoisotopic (exact) mass is 206 g/mol. The van der Waals surface area contributed by atoms with Gasteiger partial charge in [-0.05, 0) is 39.0 Å². The summed E-state index contributed by atoms with van der Waals surface area (Å²) in [5, 5.41) is 8.68. The molecule has 0 bridgehead atoms. The average Bonchev–Trinajstić information content (AvgIpc) is 2.21. The molecule has 1 atom stereocenters. The summed E-state index contributed by atoms with van der Waals surface area (Å²) >= 11 is 0. The Kier molecular flexibility index (Phi) is 3.02. The van der Waals surface area contributed by atoms with E-state index in [1.54, 1.807) is 13.8 Å². The van der Waals surface area contributed by atoms with Crippen LogP contribution in [0.4, 0.5) is 0 Å². The maximum atomic E-state index is 11.6. The summed E-state index contributed by atoms with van der Waals surface area (Å²) in [6.07, 6.45) is 2.29. The lowest BCUT2D eigenvalue weighted by Crippen LogP contribution is -2.33. The van der Waals surface area contributed by atoms with Crippen molar-refractivity contribution in [1.29, 1.82) is 0 Å². The topological polar surface area (TPSA) is 54.4 Å². The van der Waals surface area contributed by atoms with Gasteiger partial charge >= 0.3 is 0 Å². The molecule has 1 unspecified atom stereocenters. The van der Waals surface area contributed by atoms with Gasteiger partial charge < -0.3 is 5.11 Å². The van der Waals surface area contributed by atoms with Gasteiger partial charge in [-0.3, -0.25) is 0 Å². The fraction of sp³-hybridized carbons (Fsp3) is 1.00. The van der Waals surface area contributed by atoms with Gasteiger partial charge in [0.1, 0.15) is 0 Å². The fourth-order valence-corrected chi connectivity index (χ4v) is 3.86. The second-order valence-electron chi connectivity index (χ2n) is 4.27. The van der Waals surface area contributed by atoms with E-state index in [-0.39, 0.29) is 12.5 Å². The van der Waals surface area contributed by atoms with Gasteiger partial charge in [0.15, 0.2) is 9.84 Å². The fourth-order valence-electron chi connectivity index (χ4n) is 1.99. The molecule has 0 aromatic rings. The summed E-state index contributed by atoms with van der Waals surface area (Å²) in [5.41, 5.74) is 0. The Morgan fingerprint density at radius 3 is 2.46 bits per heavy atom. The number of aliphatic hydroxyl groups excluding tert-OH is 1. The van der Waals surface area contributed by atoms with Crippen LogP contribution in [0.3, 0.4) is 0 Å². The molecule has 0 amide bonds. The summed E-state index contributed by atoms with van der Waals surface area (Å²) in [6, 6.07) is 0. The van der Waals surface area contributed by atoms with Crippen molar-refractivity contribution in [2.75, 3.05) is 12.4 Å². The molecular weight excluding hydrogens is 188 g/mol. The number of rotatable bonds is 3.